The van der Waals surface area contributed by atoms with Crippen molar-refractivity contribution in [3.63, 3.8) is 0 Å². The van der Waals surface area contributed by atoms with Crippen molar-refractivity contribution in [2.45, 2.75) is 13.3 Å². The number of hydrogen-bond acceptors (Lipinski definition) is 3. The minimum atomic E-state index is 0.298. The molecule has 0 unspecified atom stereocenters. The Morgan fingerprint density at radius 2 is 2.00 bits per heavy atom. The van der Waals surface area contributed by atoms with E-state index in [4.69, 9.17) is 5.73 Å². The first-order valence-electron chi connectivity index (χ1n) is 4.46. The molecular formula is C10H12N4. The van der Waals surface area contributed by atoms with Crippen LogP contribution in [-0.4, -0.2) is 15.2 Å². The van der Waals surface area contributed by atoms with Crippen LogP contribution >= 0.6 is 0 Å². The number of nitrogen functional groups attached to an aromatic ring is 1. The molecule has 4 nitrogen and oxygen atoms in total. The van der Waals surface area contributed by atoms with Gasteiger partial charge in [-0.3, -0.25) is 5.10 Å². The maximum absolute atomic E-state index is 5.40. The van der Waals surface area contributed by atoms with Crippen LogP contribution in [0.4, 0.5) is 5.95 Å². The summed E-state index contributed by atoms with van der Waals surface area (Å²) in [4.78, 5) is 4.04. The lowest BCUT2D eigenvalue weighted by molar-refractivity contribution is 0.972. The van der Waals surface area contributed by atoms with Crippen molar-refractivity contribution in [1.82, 2.24) is 15.2 Å². The number of aromatic nitrogens is 3. The van der Waals surface area contributed by atoms with Crippen molar-refractivity contribution >= 4 is 5.95 Å². The van der Waals surface area contributed by atoms with Gasteiger partial charge >= 0.3 is 0 Å². The van der Waals surface area contributed by atoms with Crippen molar-refractivity contribution in [1.29, 1.82) is 0 Å². The summed E-state index contributed by atoms with van der Waals surface area (Å²) < 4.78 is 0. The van der Waals surface area contributed by atoms with E-state index in [2.05, 4.69) is 46.4 Å². The van der Waals surface area contributed by atoms with E-state index in [-0.39, 0.29) is 0 Å². The van der Waals surface area contributed by atoms with Crippen molar-refractivity contribution in [2.75, 3.05) is 5.73 Å². The van der Waals surface area contributed by atoms with Crippen molar-refractivity contribution in [3.8, 4) is 0 Å². The second-order valence-electron chi connectivity index (χ2n) is 3.30. The van der Waals surface area contributed by atoms with E-state index in [0.717, 1.165) is 12.2 Å². The predicted molar refractivity (Wildman–Crippen MR) is 54.8 cm³/mol. The smallest absolute Gasteiger partial charge is 0.239 e. The average molecular weight is 188 g/mol. The molecule has 14 heavy (non-hydrogen) atoms. The molecule has 0 atom stereocenters. The van der Waals surface area contributed by atoms with Crippen LogP contribution in [-0.2, 0) is 6.42 Å². The fourth-order valence-corrected chi connectivity index (χ4v) is 1.29. The molecule has 0 radical (unpaired) electrons. The van der Waals surface area contributed by atoms with Gasteiger partial charge in [-0.25, -0.2) is 0 Å². The number of rotatable bonds is 2. The van der Waals surface area contributed by atoms with Crippen LogP contribution in [0.3, 0.4) is 0 Å². The molecule has 2 aromatic rings. The zero-order valence-corrected chi connectivity index (χ0v) is 7.99. The first-order chi connectivity index (χ1) is 6.74. The van der Waals surface area contributed by atoms with Crippen molar-refractivity contribution in [3.05, 3.63) is 41.2 Å². The molecular weight excluding hydrogens is 176 g/mol. The maximum atomic E-state index is 5.40. The van der Waals surface area contributed by atoms with E-state index in [0.29, 0.717) is 5.95 Å². The highest BCUT2D eigenvalue weighted by Crippen LogP contribution is 2.07. The summed E-state index contributed by atoms with van der Waals surface area (Å²) in [5, 5.41) is 6.55. The predicted octanol–water partition coefficient (Wildman–Crippen LogP) is 1.29. The van der Waals surface area contributed by atoms with Gasteiger partial charge in [0, 0.05) is 6.42 Å². The molecule has 72 valence electrons. The standard InChI is InChI=1S/C10H12N4/c1-7-2-4-8(5-3-7)6-9-12-10(11)14-13-9/h2-5H,6H2,1H3,(H3,11,12,13,14). The summed E-state index contributed by atoms with van der Waals surface area (Å²) in [7, 11) is 0. The fraction of sp³-hybridized carbons (Fsp3) is 0.200. The van der Waals surface area contributed by atoms with Gasteiger partial charge in [0.25, 0.3) is 0 Å². The Labute approximate surface area is 82.2 Å². The molecule has 0 amide bonds. The molecule has 0 aliphatic carbocycles. The third kappa shape index (κ3) is 1.90. The first-order valence-corrected chi connectivity index (χ1v) is 4.46. The number of benzene rings is 1. The minimum Gasteiger partial charge on any atom is -0.367 e. The summed E-state index contributed by atoms with van der Waals surface area (Å²) in [6, 6.07) is 8.31. The zero-order chi connectivity index (χ0) is 9.97. The number of hydrogen-bond donors (Lipinski definition) is 2. The van der Waals surface area contributed by atoms with Gasteiger partial charge in [-0.2, -0.15) is 4.98 Å². The van der Waals surface area contributed by atoms with Crippen LogP contribution in [0, 0.1) is 6.92 Å². The SMILES string of the molecule is Cc1ccc(Cc2nc(N)n[nH]2)cc1. The van der Waals surface area contributed by atoms with Gasteiger partial charge in [0.2, 0.25) is 5.95 Å². The highest BCUT2D eigenvalue weighted by Gasteiger charge is 2.00. The van der Waals surface area contributed by atoms with E-state index in [1.54, 1.807) is 0 Å². The second-order valence-corrected chi connectivity index (χ2v) is 3.30. The molecule has 0 bridgehead atoms. The molecule has 0 saturated heterocycles. The lowest BCUT2D eigenvalue weighted by Gasteiger charge is -1.97. The molecule has 4 heteroatoms. The van der Waals surface area contributed by atoms with Gasteiger partial charge in [0.15, 0.2) is 0 Å². The van der Waals surface area contributed by atoms with E-state index < -0.39 is 0 Å². The number of nitrogens with zero attached hydrogens (tertiary/aromatic N) is 2. The Morgan fingerprint density at radius 3 is 2.57 bits per heavy atom. The average Bonchev–Trinajstić information content (AvgIpc) is 2.56. The van der Waals surface area contributed by atoms with Gasteiger partial charge in [-0.1, -0.05) is 29.8 Å². The largest absolute Gasteiger partial charge is 0.367 e. The molecule has 1 aromatic carbocycles. The second kappa shape index (κ2) is 3.49. The minimum absolute atomic E-state index is 0.298. The number of aryl methyl sites for hydroxylation is 1. The topological polar surface area (TPSA) is 67.6 Å². The van der Waals surface area contributed by atoms with Crippen LogP contribution in [0.5, 0.6) is 0 Å². The van der Waals surface area contributed by atoms with E-state index in [1.165, 1.54) is 11.1 Å². The number of nitrogens with two attached hydrogens (primary N) is 1. The van der Waals surface area contributed by atoms with Crippen LogP contribution in [0.1, 0.15) is 17.0 Å². The molecule has 2 rings (SSSR count). The Balaban J connectivity index is 2.15. The van der Waals surface area contributed by atoms with Gasteiger partial charge in [0.05, 0.1) is 0 Å². The molecule has 0 spiro atoms. The number of H-pyrrole nitrogens is 1. The van der Waals surface area contributed by atoms with Gasteiger partial charge in [-0.15, -0.1) is 5.10 Å². The lowest BCUT2D eigenvalue weighted by atomic mass is 10.1. The molecule has 0 aliphatic heterocycles. The van der Waals surface area contributed by atoms with Crippen LogP contribution in [0.25, 0.3) is 0 Å². The molecule has 0 saturated carbocycles. The van der Waals surface area contributed by atoms with Gasteiger partial charge in [-0.05, 0) is 12.5 Å². The third-order valence-electron chi connectivity index (χ3n) is 2.04. The van der Waals surface area contributed by atoms with Gasteiger partial charge in [0.1, 0.15) is 5.82 Å². The van der Waals surface area contributed by atoms with E-state index in [1.807, 2.05) is 0 Å². The maximum Gasteiger partial charge on any atom is 0.239 e. The lowest BCUT2D eigenvalue weighted by Crippen LogP contribution is -1.91. The highest BCUT2D eigenvalue weighted by atomic mass is 15.3. The summed E-state index contributed by atoms with van der Waals surface area (Å²) >= 11 is 0. The van der Waals surface area contributed by atoms with Crippen molar-refractivity contribution < 1.29 is 0 Å². The van der Waals surface area contributed by atoms with E-state index in [9.17, 15) is 0 Å². The Bertz CT molecular complexity index is 416. The summed E-state index contributed by atoms with van der Waals surface area (Å²) in [5.41, 5.74) is 7.86. The van der Waals surface area contributed by atoms with Crippen molar-refractivity contribution in [2.24, 2.45) is 0 Å². The molecule has 1 heterocycles. The Kier molecular flexibility index (Phi) is 2.18. The number of anilines is 1. The van der Waals surface area contributed by atoms with Crippen LogP contribution in [0.2, 0.25) is 0 Å². The fourth-order valence-electron chi connectivity index (χ4n) is 1.29. The molecule has 1 aromatic heterocycles. The van der Waals surface area contributed by atoms with Gasteiger partial charge < -0.3 is 5.73 Å². The highest BCUT2D eigenvalue weighted by molar-refractivity contribution is 5.24. The van der Waals surface area contributed by atoms with Crippen LogP contribution < -0.4 is 5.73 Å². The molecule has 0 fully saturated rings. The zero-order valence-electron chi connectivity index (χ0n) is 7.99. The number of nitrogens with one attached hydrogen (secondary N) is 1. The summed E-state index contributed by atoms with van der Waals surface area (Å²) in [6.07, 6.45) is 0.741. The summed E-state index contributed by atoms with van der Waals surface area (Å²) in [6.45, 7) is 2.07. The summed E-state index contributed by atoms with van der Waals surface area (Å²) in [5.74, 6) is 1.10. The quantitative estimate of drug-likeness (QED) is 0.746. The monoisotopic (exact) mass is 188 g/mol. The number of aromatic amines is 1. The normalized spacial score (nSPS) is 10.4. The van der Waals surface area contributed by atoms with E-state index >= 15 is 0 Å². The first kappa shape index (κ1) is 8.74. The Morgan fingerprint density at radius 1 is 1.29 bits per heavy atom. The molecule has 3 N–H and O–H groups in total. The Hall–Kier alpha value is -1.84. The van der Waals surface area contributed by atoms with Crippen LogP contribution in [0.15, 0.2) is 24.3 Å². The molecule has 0 aliphatic rings. The third-order valence-corrected chi connectivity index (χ3v) is 2.04.